The number of nitrogens with zero attached hydrogens (tertiary/aromatic N) is 1. The summed E-state index contributed by atoms with van der Waals surface area (Å²) in [6.45, 7) is 6.29. The molecule has 0 bridgehead atoms. The molecule has 1 N–H and O–H groups in total. The molecule has 1 aromatic heterocycles. The molecule has 0 radical (unpaired) electrons. The predicted octanol–water partition coefficient (Wildman–Crippen LogP) is 3.06. The van der Waals surface area contributed by atoms with Crippen LogP contribution < -0.4 is 10.1 Å². The molecule has 4 nitrogen and oxygen atoms in total. The van der Waals surface area contributed by atoms with Crippen molar-refractivity contribution < 1.29 is 9.26 Å². The number of hydrogen-bond donors (Lipinski definition) is 1. The number of hydrogen-bond acceptors (Lipinski definition) is 4. The molecule has 1 heterocycles. The maximum Gasteiger partial charge on any atom is 0.134 e. The number of aromatic nitrogens is 1. The Morgan fingerprint density at radius 2 is 2.16 bits per heavy atom. The van der Waals surface area contributed by atoms with Crippen molar-refractivity contribution in [2.75, 3.05) is 6.54 Å². The van der Waals surface area contributed by atoms with Crippen molar-refractivity contribution in [1.82, 2.24) is 10.5 Å². The van der Waals surface area contributed by atoms with Gasteiger partial charge in [0.25, 0.3) is 0 Å². The Labute approximate surface area is 113 Å². The van der Waals surface area contributed by atoms with Crippen molar-refractivity contribution in [3.63, 3.8) is 0 Å². The van der Waals surface area contributed by atoms with E-state index in [2.05, 4.69) is 23.5 Å². The van der Waals surface area contributed by atoms with E-state index in [4.69, 9.17) is 9.26 Å². The quantitative estimate of drug-likeness (QED) is 0.777. The molecular formula is C15H20N2O2. The number of benzene rings is 1. The normalized spacial score (nSPS) is 10.6. The molecule has 0 aliphatic carbocycles. The zero-order chi connectivity index (χ0) is 13.5. The topological polar surface area (TPSA) is 47.3 Å². The number of ether oxygens (including phenoxy) is 1. The molecule has 102 valence electrons. The van der Waals surface area contributed by atoms with Gasteiger partial charge in [-0.3, -0.25) is 0 Å². The van der Waals surface area contributed by atoms with E-state index in [-0.39, 0.29) is 0 Å². The van der Waals surface area contributed by atoms with Crippen LogP contribution in [0.25, 0.3) is 0 Å². The van der Waals surface area contributed by atoms with Crippen LogP contribution in [-0.2, 0) is 13.2 Å². The highest BCUT2D eigenvalue weighted by Gasteiger charge is 2.05. The van der Waals surface area contributed by atoms with Gasteiger partial charge in [0, 0.05) is 18.2 Å². The summed E-state index contributed by atoms with van der Waals surface area (Å²) in [5, 5.41) is 7.30. The van der Waals surface area contributed by atoms with E-state index in [9.17, 15) is 0 Å². The third-order valence-corrected chi connectivity index (χ3v) is 2.77. The van der Waals surface area contributed by atoms with Gasteiger partial charge in [-0.25, -0.2) is 0 Å². The molecule has 0 saturated carbocycles. The summed E-state index contributed by atoms with van der Waals surface area (Å²) < 4.78 is 10.8. The number of rotatable bonds is 7. The second-order valence-electron chi connectivity index (χ2n) is 4.50. The van der Waals surface area contributed by atoms with Crippen molar-refractivity contribution >= 4 is 0 Å². The average Bonchev–Trinajstić information content (AvgIpc) is 2.84. The summed E-state index contributed by atoms with van der Waals surface area (Å²) in [6.07, 6.45) is 1.13. The highest BCUT2D eigenvalue weighted by atomic mass is 16.5. The monoisotopic (exact) mass is 260 g/mol. The average molecular weight is 260 g/mol. The van der Waals surface area contributed by atoms with Crippen LogP contribution in [-0.4, -0.2) is 11.7 Å². The summed E-state index contributed by atoms with van der Waals surface area (Å²) in [5.74, 6) is 1.70. The highest BCUT2D eigenvalue weighted by Crippen LogP contribution is 2.19. The first-order valence-corrected chi connectivity index (χ1v) is 6.63. The van der Waals surface area contributed by atoms with E-state index in [1.54, 1.807) is 0 Å². The lowest BCUT2D eigenvalue weighted by Gasteiger charge is -2.10. The number of nitrogens with one attached hydrogen (secondary N) is 1. The molecule has 0 unspecified atom stereocenters. The predicted molar refractivity (Wildman–Crippen MR) is 74.0 cm³/mol. The molecule has 2 rings (SSSR count). The Kier molecular flexibility index (Phi) is 4.98. The fraction of sp³-hybridized carbons (Fsp3) is 0.400. The fourth-order valence-corrected chi connectivity index (χ4v) is 1.83. The maximum absolute atomic E-state index is 5.80. The zero-order valence-electron chi connectivity index (χ0n) is 11.5. The lowest BCUT2D eigenvalue weighted by molar-refractivity contribution is 0.284. The summed E-state index contributed by atoms with van der Waals surface area (Å²) >= 11 is 0. The van der Waals surface area contributed by atoms with Crippen LogP contribution in [0.1, 0.15) is 30.4 Å². The standard InChI is InChI=1S/C15H20N2O2/c1-3-8-16-10-13-6-4-5-7-15(13)18-11-14-9-12(2)19-17-14/h4-7,9,16H,3,8,10-11H2,1-2H3. The van der Waals surface area contributed by atoms with Gasteiger partial charge in [0.05, 0.1) is 0 Å². The van der Waals surface area contributed by atoms with Crippen LogP contribution in [0.4, 0.5) is 0 Å². The minimum absolute atomic E-state index is 0.433. The van der Waals surface area contributed by atoms with E-state index in [1.807, 2.05) is 31.2 Å². The second kappa shape index (κ2) is 6.95. The van der Waals surface area contributed by atoms with E-state index in [1.165, 1.54) is 0 Å². The van der Waals surface area contributed by atoms with Crippen LogP contribution >= 0.6 is 0 Å². The van der Waals surface area contributed by atoms with Crippen molar-refractivity contribution in [2.24, 2.45) is 0 Å². The first-order chi connectivity index (χ1) is 9.29. The second-order valence-corrected chi connectivity index (χ2v) is 4.50. The maximum atomic E-state index is 5.80. The van der Waals surface area contributed by atoms with Gasteiger partial charge < -0.3 is 14.6 Å². The lowest BCUT2D eigenvalue weighted by Crippen LogP contribution is -2.14. The van der Waals surface area contributed by atoms with Crippen molar-refractivity contribution in [1.29, 1.82) is 0 Å². The van der Waals surface area contributed by atoms with E-state index in [0.717, 1.165) is 42.3 Å². The van der Waals surface area contributed by atoms with Gasteiger partial charge in [-0.15, -0.1) is 0 Å². The Morgan fingerprint density at radius 1 is 1.32 bits per heavy atom. The molecule has 0 atom stereocenters. The largest absolute Gasteiger partial charge is 0.487 e. The van der Waals surface area contributed by atoms with E-state index in [0.29, 0.717) is 6.61 Å². The molecule has 0 saturated heterocycles. The van der Waals surface area contributed by atoms with E-state index < -0.39 is 0 Å². The van der Waals surface area contributed by atoms with Crippen molar-refractivity contribution in [2.45, 2.75) is 33.4 Å². The summed E-state index contributed by atoms with van der Waals surface area (Å²) in [6, 6.07) is 9.95. The van der Waals surface area contributed by atoms with Crippen LogP contribution in [0.15, 0.2) is 34.9 Å². The van der Waals surface area contributed by atoms with Gasteiger partial charge in [-0.1, -0.05) is 30.3 Å². The molecule has 4 heteroatoms. The third-order valence-electron chi connectivity index (χ3n) is 2.77. The molecular weight excluding hydrogens is 240 g/mol. The van der Waals surface area contributed by atoms with Gasteiger partial charge in [-0.2, -0.15) is 0 Å². The molecule has 0 aliphatic rings. The van der Waals surface area contributed by atoms with E-state index >= 15 is 0 Å². The third kappa shape index (κ3) is 4.10. The minimum Gasteiger partial charge on any atom is -0.487 e. The molecule has 0 amide bonds. The Morgan fingerprint density at radius 3 is 2.89 bits per heavy atom. The molecule has 0 fully saturated rings. The zero-order valence-corrected chi connectivity index (χ0v) is 11.5. The Bertz CT molecular complexity index is 508. The van der Waals surface area contributed by atoms with Crippen LogP contribution in [0.3, 0.4) is 0 Å². The number of aryl methyl sites for hydroxylation is 1. The summed E-state index contributed by atoms with van der Waals surface area (Å²) in [5.41, 5.74) is 1.98. The van der Waals surface area contributed by atoms with Crippen molar-refractivity contribution in [3.8, 4) is 5.75 Å². The van der Waals surface area contributed by atoms with Gasteiger partial charge >= 0.3 is 0 Å². The smallest absolute Gasteiger partial charge is 0.134 e. The Hall–Kier alpha value is -1.81. The van der Waals surface area contributed by atoms with Crippen LogP contribution in [0.5, 0.6) is 5.75 Å². The van der Waals surface area contributed by atoms with Gasteiger partial charge in [-0.05, 0) is 26.0 Å². The van der Waals surface area contributed by atoms with Crippen LogP contribution in [0, 0.1) is 6.92 Å². The van der Waals surface area contributed by atoms with Gasteiger partial charge in [0.2, 0.25) is 0 Å². The molecule has 2 aromatic rings. The lowest BCUT2D eigenvalue weighted by atomic mass is 10.2. The Balaban J connectivity index is 1.95. The van der Waals surface area contributed by atoms with Crippen molar-refractivity contribution in [3.05, 3.63) is 47.3 Å². The minimum atomic E-state index is 0.433. The highest BCUT2D eigenvalue weighted by molar-refractivity contribution is 5.33. The SMILES string of the molecule is CCCNCc1ccccc1OCc1cc(C)on1. The molecule has 1 aromatic carbocycles. The molecule has 0 spiro atoms. The number of para-hydroxylation sites is 1. The molecule has 0 aliphatic heterocycles. The fourth-order valence-electron chi connectivity index (χ4n) is 1.83. The molecule has 19 heavy (non-hydrogen) atoms. The summed E-state index contributed by atoms with van der Waals surface area (Å²) in [7, 11) is 0. The first kappa shape index (κ1) is 13.6. The summed E-state index contributed by atoms with van der Waals surface area (Å²) in [4.78, 5) is 0. The van der Waals surface area contributed by atoms with Gasteiger partial charge in [0.1, 0.15) is 23.8 Å². The first-order valence-electron chi connectivity index (χ1n) is 6.63. The van der Waals surface area contributed by atoms with Crippen LogP contribution in [0.2, 0.25) is 0 Å². The van der Waals surface area contributed by atoms with Gasteiger partial charge in [0.15, 0.2) is 0 Å².